The van der Waals surface area contributed by atoms with Crippen molar-refractivity contribution in [3.8, 4) is 0 Å². The van der Waals surface area contributed by atoms with Crippen LogP contribution >= 0.6 is 11.6 Å². The number of carbonyl (C=O) groups excluding carboxylic acids is 3. The van der Waals surface area contributed by atoms with Crippen molar-refractivity contribution in [3.05, 3.63) is 58.6 Å². The van der Waals surface area contributed by atoms with Crippen LogP contribution in [0.5, 0.6) is 0 Å². The van der Waals surface area contributed by atoms with Crippen LogP contribution in [-0.4, -0.2) is 42.3 Å². The lowest BCUT2D eigenvalue weighted by atomic mass is 9.99. The van der Waals surface area contributed by atoms with Gasteiger partial charge in [0.05, 0.1) is 24.0 Å². The van der Waals surface area contributed by atoms with Crippen LogP contribution in [-0.2, 0) is 4.74 Å². The highest BCUT2D eigenvalue weighted by Gasteiger charge is 2.54. The van der Waals surface area contributed by atoms with Crippen LogP contribution in [0.1, 0.15) is 27.1 Å². The lowest BCUT2D eigenvalue weighted by molar-refractivity contribution is 0.0291. The Hall–Kier alpha value is -2.90. The summed E-state index contributed by atoms with van der Waals surface area (Å²) in [6, 6.07) is 11.0. The number of halogens is 1. The summed E-state index contributed by atoms with van der Waals surface area (Å²) in [5.74, 6) is -1.21. The maximum atomic E-state index is 13.3. The molecule has 4 rings (SSSR count). The third-order valence-corrected chi connectivity index (χ3v) is 5.12. The monoisotopic (exact) mass is 386 g/mol. The summed E-state index contributed by atoms with van der Waals surface area (Å²) in [5, 5.41) is 11.5. The Kier molecular flexibility index (Phi) is 3.94. The third kappa shape index (κ3) is 2.43. The summed E-state index contributed by atoms with van der Waals surface area (Å²) >= 11 is 6.05. The van der Waals surface area contributed by atoms with Gasteiger partial charge in [-0.1, -0.05) is 23.7 Å². The first kappa shape index (κ1) is 17.5. The van der Waals surface area contributed by atoms with E-state index in [0.717, 1.165) is 4.90 Å². The molecule has 0 aromatic heterocycles. The van der Waals surface area contributed by atoms with Crippen LogP contribution in [0.25, 0.3) is 0 Å². The number of para-hydroxylation sites is 1. The van der Waals surface area contributed by atoms with E-state index in [-0.39, 0.29) is 29.8 Å². The lowest BCUT2D eigenvalue weighted by Crippen LogP contribution is -2.56. The van der Waals surface area contributed by atoms with E-state index in [9.17, 15) is 19.5 Å². The van der Waals surface area contributed by atoms with E-state index in [1.807, 2.05) is 0 Å². The van der Waals surface area contributed by atoms with Crippen LogP contribution in [0, 0.1) is 0 Å². The van der Waals surface area contributed by atoms with E-state index in [1.54, 1.807) is 18.2 Å². The number of benzene rings is 2. The minimum atomic E-state index is -2.11. The van der Waals surface area contributed by atoms with Gasteiger partial charge in [0.1, 0.15) is 0 Å². The van der Waals surface area contributed by atoms with Gasteiger partial charge in [0.25, 0.3) is 5.91 Å². The molecule has 138 valence electrons. The molecule has 0 saturated heterocycles. The fourth-order valence-electron chi connectivity index (χ4n) is 3.60. The number of ketones is 1. The molecule has 0 saturated carbocycles. The van der Waals surface area contributed by atoms with Gasteiger partial charge in [0.2, 0.25) is 11.5 Å². The van der Waals surface area contributed by atoms with Crippen molar-refractivity contribution in [2.45, 2.75) is 12.1 Å². The molecule has 2 aliphatic rings. The molecule has 2 aliphatic heterocycles. The zero-order chi connectivity index (χ0) is 19.3. The second-order valence-corrected chi connectivity index (χ2v) is 6.77. The highest BCUT2D eigenvalue weighted by Crippen LogP contribution is 2.43. The molecule has 2 aromatic rings. The Labute approximate surface area is 159 Å². The Morgan fingerprint density at radius 3 is 2.63 bits per heavy atom. The van der Waals surface area contributed by atoms with Gasteiger partial charge >= 0.3 is 6.09 Å². The van der Waals surface area contributed by atoms with Crippen LogP contribution in [0.15, 0.2) is 42.5 Å². The van der Waals surface area contributed by atoms with E-state index in [4.69, 9.17) is 16.3 Å². The predicted molar refractivity (Wildman–Crippen MR) is 98.4 cm³/mol. The number of Topliss-reactive ketones (excluding diaryl/α,β-unsaturated/α-hetero) is 1. The molecule has 2 aromatic carbocycles. The fourth-order valence-corrected chi connectivity index (χ4v) is 3.77. The minimum Gasteiger partial charge on any atom is -0.452 e. The quantitative estimate of drug-likeness (QED) is 0.752. The maximum Gasteiger partial charge on any atom is 0.414 e. The Morgan fingerprint density at radius 2 is 1.89 bits per heavy atom. The van der Waals surface area contributed by atoms with Gasteiger partial charge in [-0.2, -0.15) is 0 Å². The number of carbonyl (C=O) groups is 3. The number of fused-ring (bicyclic) bond motifs is 4. The molecule has 27 heavy (non-hydrogen) atoms. The topological polar surface area (TPSA) is 87.2 Å². The van der Waals surface area contributed by atoms with Gasteiger partial charge in [-0.3, -0.25) is 19.4 Å². The van der Waals surface area contributed by atoms with Crippen LogP contribution in [0.4, 0.5) is 16.2 Å². The fraction of sp³-hybridized carbons (Fsp3) is 0.211. The first-order valence-electron chi connectivity index (χ1n) is 8.24. The molecule has 0 radical (unpaired) electrons. The van der Waals surface area contributed by atoms with Gasteiger partial charge in [-0.05, 0) is 30.3 Å². The minimum absolute atomic E-state index is 0.0164. The number of hydrogen-bond donors (Lipinski definition) is 1. The first-order chi connectivity index (χ1) is 12.9. The molecule has 2 heterocycles. The summed E-state index contributed by atoms with van der Waals surface area (Å²) in [5.41, 5.74) is -1.13. The summed E-state index contributed by atoms with van der Waals surface area (Å²) in [6.07, 6.45) is -0.855. The highest BCUT2D eigenvalue weighted by atomic mass is 35.5. The number of hydrogen-bond acceptors (Lipinski definition) is 5. The third-order valence-electron chi connectivity index (χ3n) is 4.89. The SMILES string of the molecule is COC(=O)N1CC[C@@]2(O)C(=O)c3ccc(Cl)cc3N2C(=O)c2ccccc21. The standard InChI is InChI=1S/C19H15ClN2O5/c1-27-18(25)21-9-8-19(26)16(23)12-7-6-11(20)10-15(12)22(19)17(24)13-4-2-3-5-14(13)21/h2-7,10,26H,8-9H2,1H3/t19-/m1/s1. The number of rotatable bonds is 0. The van der Waals surface area contributed by atoms with Gasteiger partial charge in [0, 0.05) is 23.6 Å². The van der Waals surface area contributed by atoms with E-state index in [0.29, 0.717) is 10.7 Å². The molecule has 0 fully saturated rings. The second kappa shape index (κ2) is 6.07. The molecule has 1 N–H and O–H groups in total. The van der Waals surface area contributed by atoms with Crippen molar-refractivity contribution < 1.29 is 24.2 Å². The molecule has 0 unspecified atom stereocenters. The highest BCUT2D eigenvalue weighted by molar-refractivity contribution is 6.32. The van der Waals surface area contributed by atoms with Gasteiger partial charge in [-0.15, -0.1) is 0 Å². The van der Waals surface area contributed by atoms with Gasteiger partial charge in [-0.25, -0.2) is 4.79 Å². The number of aliphatic hydroxyl groups is 1. The van der Waals surface area contributed by atoms with Crippen molar-refractivity contribution in [2.24, 2.45) is 0 Å². The summed E-state index contributed by atoms with van der Waals surface area (Å²) in [4.78, 5) is 40.8. The van der Waals surface area contributed by atoms with E-state index < -0.39 is 23.5 Å². The smallest absolute Gasteiger partial charge is 0.414 e. The molecule has 0 bridgehead atoms. The maximum absolute atomic E-state index is 13.3. The zero-order valence-corrected chi connectivity index (χ0v) is 15.1. The van der Waals surface area contributed by atoms with Gasteiger partial charge in [0.15, 0.2) is 0 Å². The van der Waals surface area contributed by atoms with E-state index >= 15 is 0 Å². The van der Waals surface area contributed by atoms with E-state index in [2.05, 4.69) is 0 Å². The molecule has 0 aliphatic carbocycles. The normalized spacial score (nSPS) is 21.1. The van der Waals surface area contributed by atoms with Crippen molar-refractivity contribution >= 4 is 40.8 Å². The summed E-state index contributed by atoms with van der Waals surface area (Å²) < 4.78 is 4.80. The van der Waals surface area contributed by atoms with Crippen molar-refractivity contribution in [1.82, 2.24) is 0 Å². The molecule has 0 spiro atoms. The average molecular weight is 387 g/mol. The van der Waals surface area contributed by atoms with Crippen LogP contribution in [0.3, 0.4) is 0 Å². The number of anilines is 2. The number of methoxy groups -OCH3 is 1. The molecular weight excluding hydrogens is 372 g/mol. The Bertz CT molecular complexity index is 992. The molecule has 1 atom stereocenters. The summed E-state index contributed by atoms with van der Waals surface area (Å²) in [7, 11) is 1.23. The number of amides is 2. The summed E-state index contributed by atoms with van der Waals surface area (Å²) in [6.45, 7) is -0.0164. The second-order valence-electron chi connectivity index (χ2n) is 6.34. The molecular formula is C19H15ClN2O5. The van der Waals surface area contributed by atoms with Crippen molar-refractivity contribution in [2.75, 3.05) is 23.5 Å². The molecule has 7 nitrogen and oxygen atoms in total. The first-order valence-corrected chi connectivity index (χ1v) is 8.62. The largest absolute Gasteiger partial charge is 0.452 e. The molecule has 2 amide bonds. The van der Waals surface area contributed by atoms with Crippen molar-refractivity contribution in [3.63, 3.8) is 0 Å². The van der Waals surface area contributed by atoms with Crippen LogP contribution in [0.2, 0.25) is 5.02 Å². The zero-order valence-electron chi connectivity index (χ0n) is 14.3. The predicted octanol–water partition coefficient (Wildman–Crippen LogP) is 2.85. The van der Waals surface area contributed by atoms with Crippen molar-refractivity contribution in [1.29, 1.82) is 0 Å². The lowest BCUT2D eigenvalue weighted by Gasteiger charge is -2.37. The number of ether oxygens (including phenoxy) is 1. The average Bonchev–Trinajstić information content (AvgIpc) is 2.87. The Morgan fingerprint density at radius 1 is 1.15 bits per heavy atom. The Balaban J connectivity index is 1.94. The number of nitrogens with zero attached hydrogens (tertiary/aromatic N) is 2. The van der Waals surface area contributed by atoms with E-state index in [1.165, 1.54) is 36.3 Å². The molecule has 8 heteroatoms. The van der Waals surface area contributed by atoms with Gasteiger partial charge < -0.3 is 9.84 Å². The van der Waals surface area contributed by atoms with Crippen LogP contribution < -0.4 is 9.80 Å².